The van der Waals surface area contributed by atoms with Crippen LogP contribution in [0.2, 0.25) is 5.02 Å². The highest BCUT2D eigenvalue weighted by Crippen LogP contribution is 2.33. The quantitative estimate of drug-likeness (QED) is 0.529. The van der Waals surface area contributed by atoms with Crippen LogP contribution in [-0.4, -0.2) is 29.6 Å². The predicted molar refractivity (Wildman–Crippen MR) is 109 cm³/mol. The van der Waals surface area contributed by atoms with Crippen LogP contribution >= 0.6 is 23.4 Å². The van der Waals surface area contributed by atoms with E-state index in [2.05, 4.69) is 11.6 Å². The number of nitrogens with zero attached hydrogens (tertiary/aromatic N) is 2. The number of rotatable bonds is 5. The number of benzene rings is 2. The first-order valence-electron chi connectivity index (χ1n) is 7.92. The third kappa shape index (κ3) is 4.36. The Morgan fingerprint density at radius 2 is 2.04 bits per heavy atom. The molecular formula is C20H17ClN2O2S. The van der Waals surface area contributed by atoms with Crippen molar-refractivity contribution in [2.75, 3.05) is 13.7 Å². The third-order valence-electron chi connectivity index (χ3n) is 3.58. The molecule has 1 aliphatic rings. The number of likely N-dealkylation sites (N-methyl/N-ethyl adjacent to an activating group) is 1. The zero-order chi connectivity index (χ0) is 18.5. The lowest BCUT2D eigenvalue weighted by Crippen LogP contribution is -2.23. The van der Waals surface area contributed by atoms with Crippen molar-refractivity contribution in [3.63, 3.8) is 0 Å². The molecule has 0 bridgehead atoms. The maximum atomic E-state index is 12.5. The first-order valence-corrected chi connectivity index (χ1v) is 9.12. The number of thioether (sulfide) groups is 1. The van der Waals surface area contributed by atoms with E-state index in [9.17, 15) is 4.79 Å². The number of hydrogen-bond donors (Lipinski definition) is 0. The molecule has 1 saturated heterocycles. The van der Waals surface area contributed by atoms with Gasteiger partial charge in [0.15, 0.2) is 5.17 Å². The van der Waals surface area contributed by atoms with E-state index in [0.717, 1.165) is 17.0 Å². The van der Waals surface area contributed by atoms with Crippen LogP contribution in [0, 0.1) is 0 Å². The minimum atomic E-state index is -0.0832. The highest BCUT2D eigenvalue weighted by atomic mass is 35.5. The fourth-order valence-corrected chi connectivity index (χ4v) is 3.39. The fourth-order valence-electron chi connectivity index (χ4n) is 2.28. The lowest BCUT2D eigenvalue weighted by molar-refractivity contribution is -0.121. The number of carbonyl (C=O) groups excluding carboxylic acids is 1. The van der Waals surface area contributed by atoms with Gasteiger partial charge in [-0.25, -0.2) is 4.99 Å². The Morgan fingerprint density at radius 3 is 2.77 bits per heavy atom. The summed E-state index contributed by atoms with van der Waals surface area (Å²) >= 11 is 7.24. The summed E-state index contributed by atoms with van der Waals surface area (Å²) in [5, 5.41) is 1.28. The molecule has 132 valence electrons. The van der Waals surface area contributed by atoms with Gasteiger partial charge in [-0.15, -0.1) is 0 Å². The molecule has 0 aliphatic carbocycles. The summed E-state index contributed by atoms with van der Waals surface area (Å²) in [5.41, 5.74) is 1.64. The molecule has 1 fully saturated rings. The Bertz CT molecular complexity index is 891. The van der Waals surface area contributed by atoms with E-state index in [-0.39, 0.29) is 5.91 Å². The highest BCUT2D eigenvalue weighted by molar-refractivity contribution is 8.18. The third-order valence-corrected chi connectivity index (χ3v) is 4.89. The average molecular weight is 385 g/mol. The number of amides is 1. The summed E-state index contributed by atoms with van der Waals surface area (Å²) in [7, 11) is 1.72. The van der Waals surface area contributed by atoms with Crippen molar-refractivity contribution in [3.05, 3.63) is 76.7 Å². The van der Waals surface area contributed by atoms with Crippen molar-refractivity contribution in [3.8, 4) is 5.75 Å². The molecule has 0 unspecified atom stereocenters. The molecule has 4 nitrogen and oxygen atoms in total. The van der Waals surface area contributed by atoms with Crippen molar-refractivity contribution in [2.24, 2.45) is 4.99 Å². The molecule has 0 atom stereocenters. The molecule has 0 aromatic heterocycles. The summed E-state index contributed by atoms with van der Waals surface area (Å²) < 4.78 is 5.53. The smallest absolute Gasteiger partial charge is 0.266 e. The first kappa shape index (κ1) is 18.3. The molecule has 1 aliphatic heterocycles. The van der Waals surface area contributed by atoms with Gasteiger partial charge >= 0.3 is 0 Å². The van der Waals surface area contributed by atoms with Crippen LogP contribution in [0.25, 0.3) is 6.08 Å². The fraction of sp³-hybridized carbons (Fsp3) is 0.100. The molecule has 2 aromatic carbocycles. The van der Waals surface area contributed by atoms with Crippen molar-refractivity contribution in [2.45, 2.75) is 0 Å². The molecule has 1 amide bonds. The SMILES string of the molecule is C=CCOc1cccc(/C=C2/SC(=Nc3ccc(Cl)cc3)N(C)C2=O)c1. The van der Waals surface area contributed by atoms with Gasteiger partial charge in [0.05, 0.1) is 10.6 Å². The normalized spacial score (nSPS) is 17.2. The molecule has 0 spiro atoms. The Hall–Kier alpha value is -2.50. The number of aliphatic imine (C=N–C) groups is 1. The largest absolute Gasteiger partial charge is 0.490 e. The molecule has 1 heterocycles. The van der Waals surface area contributed by atoms with Crippen molar-refractivity contribution >= 4 is 46.2 Å². The number of hydrogen-bond acceptors (Lipinski definition) is 4. The van der Waals surface area contributed by atoms with Crippen LogP contribution < -0.4 is 4.74 Å². The van der Waals surface area contributed by atoms with Crippen LogP contribution in [0.5, 0.6) is 5.75 Å². The summed E-state index contributed by atoms with van der Waals surface area (Å²) in [6.07, 6.45) is 3.53. The Labute approximate surface area is 161 Å². The number of amidine groups is 1. The van der Waals surface area contributed by atoms with Gasteiger partial charge in [0.2, 0.25) is 0 Å². The lowest BCUT2D eigenvalue weighted by Gasteiger charge is -2.07. The van der Waals surface area contributed by atoms with Crippen LogP contribution in [0.1, 0.15) is 5.56 Å². The average Bonchev–Trinajstić information content (AvgIpc) is 2.90. The first-order chi connectivity index (χ1) is 12.6. The van der Waals surface area contributed by atoms with E-state index in [1.807, 2.05) is 42.5 Å². The van der Waals surface area contributed by atoms with E-state index in [1.54, 1.807) is 30.2 Å². The van der Waals surface area contributed by atoms with Gasteiger partial charge in [0.1, 0.15) is 12.4 Å². The minimum absolute atomic E-state index is 0.0832. The van der Waals surface area contributed by atoms with Gasteiger partial charge in [0.25, 0.3) is 5.91 Å². The number of halogens is 1. The number of carbonyl (C=O) groups is 1. The van der Waals surface area contributed by atoms with Crippen LogP contribution in [0.3, 0.4) is 0 Å². The zero-order valence-electron chi connectivity index (χ0n) is 14.2. The molecule has 3 rings (SSSR count). The van der Waals surface area contributed by atoms with Crippen molar-refractivity contribution in [1.82, 2.24) is 4.90 Å². The van der Waals surface area contributed by atoms with Gasteiger partial charge in [-0.05, 0) is 59.8 Å². The molecule has 6 heteroatoms. The lowest BCUT2D eigenvalue weighted by atomic mass is 10.2. The van der Waals surface area contributed by atoms with E-state index >= 15 is 0 Å². The summed E-state index contributed by atoms with van der Waals surface area (Å²) in [6, 6.07) is 14.7. The monoisotopic (exact) mass is 384 g/mol. The van der Waals surface area contributed by atoms with Crippen LogP contribution in [-0.2, 0) is 4.79 Å². The maximum absolute atomic E-state index is 12.5. The summed E-state index contributed by atoms with van der Waals surface area (Å²) in [4.78, 5) is 19.2. The van der Waals surface area contributed by atoms with E-state index in [1.165, 1.54) is 11.8 Å². The second-order valence-corrected chi connectivity index (χ2v) is 6.96. The Balaban J connectivity index is 1.83. The molecule has 26 heavy (non-hydrogen) atoms. The summed E-state index contributed by atoms with van der Waals surface area (Å²) in [5.74, 6) is 0.651. The van der Waals surface area contributed by atoms with Crippen LogP contribution in [0.15, 0.2) is 71.1 Å². The van der Waals surface area contributed by atoms with Gasteiger partial charge in [-0.2, -0.15) is 0 Å². The second kappa shape index (κ2) is 8.25. The van der Waals surface area contributed by atoms with Gasteiger partial charge in [-0.3, -0.25) is 9.69 Å². The summed E-state index contributed by atoms with van der Waals surface area (Å²) in [6.45, 7) is 4.07. The van der Waals surface area contributed by atoms with Gasteiger partial charge < -0.3 is 4.74 Å². The molecule has 2 aromatic rings. The topological polar surface area (TPSA) is 41.9 Å². The molecule has 0 N–H and O–H groups in total. The Kier molecular flexibility index (Phi) is 5.81. The Morgan fingerprint density at radius 1 is 1.27 bits per heavy atom. The number of ether oxygens (including phenoxy) is 1. The molecule has 0 radical (unpaired) electrons. The van der Waals surface area contributed by atoms with Crippen molar-refractivity contribution < 1.29 is 9.53 Å². The highest BCUT2D eigenvalue weighted by Gasteiger charge is 2.30. The van der Waals surface area contributed by atoms with E-state index in [0.29, 0.717) is 21.7 Å². The van der Waals surface area contributed by atoms with E-state index in [4.69, 9.17) is 16.3 Å². The molecule has 0 saturated carbocycles. The minimum Gasteiger partial charge on any atom is -0.490 e. The van der Waals surface area contributed by atoms with Crippen molar-refractivity contribution in [1.29, 1.82) is 0 Å². The zero-order valence-corrected chi connectivity index (χ0v) is 15.8. The maximum Gasteiger partial charge on any atom is 0.266 e. The van der Waals surface area contributed by atoms with Gasteiger partial charge in [0, 0.05) is 12.1 Å². The van der Waals surface area contributed by atoms with Gasteiger partial charge in [-0.1, -0.05) is 36.4 Å². The standard InChI is InChI=1S/C20H17ClN2O2S/c1-3-11-25-17-6-4-5-14(12-17)13-18-19(24)23(2)20(26-18)22-16-9-7-15(21)8-10-16/h3-10,12-13H,1,11H2,2H3/b18-13+,22-20?. The second-order valence-electron chi connectivity index (χ2n) is 5.52. The van der Waals surface area contributed by atoms with E-state index < -0.39 is 0 Å². The molecular weight excluding hydrogens is 368 g/mol. The van der Waals surface area contributed by atoms with Crippen LogP contribution in [0.4, 0.5) is 5.69 Å². The predicted octanol–water partition coefficient (Wildman–Crippen LogP) is 5.14.